The average molecular weight is 323 g/mol. The molecule has 23 heavy (non-hydrogen) atoms. The number of carboxylic acids is 1. The van der Waals surface area contributed by atoms with Crippen LogP contribution in [0.5, 0.6) is 11.5 Å². The summed E-state index contributed by atoms with van der Waals surface area (Å²) in [7, 11) is 3.08. The number of nitrogens with zero attached hydrogens (tertiary/aromatic N) is 1. The molecule has 7 heteroatoms. The largest absolute Gasteiger partial charge is 0.496 e. The highest BCUT2D eigenvalue weighted by Crippen LogP contribution is 2.29. The van der Waals surface area contributed by atoms with Gasteiger partial charge in [-0.2, -0.15) is 0 Å². The first kappa shape index (κ1) is 17.1. The molecule has 0 aliphatic carbocycles. The zero-order valence-corrected chi connectivity index (χ0v) is 13.3. The third kappa shape index (κ3) is 4.35. The van der Waals surface area contributed by atoms with Gasteiger partial charge in [-0.05, 0) is 12.1 Å². The Morgan fingerprint density at radius 3 is 2.52 bits per heavy atom. The Morgan fingerprint density at radius 2 is 1.96 bits per heavy atom. The maximum absolute atomic E-state index is 12.5. The van der Waals surface area contributed by atoms with E-state index in [1.165, 1.54) is 0 Å². The highest BCUT2D eigenvalue weighted by atomic mass is 16.5. The molecule has 1 fully saturated rings. The number of hydrogen-bond acceptors (Lipinski definition) is 5. The van der Waals surface area contributed by atoms with Crippen LogP contribution in [-0.4, -0.2) is 61.9 Å². The number of carboxylic acid groups (broad SMARTS) is 1. The fourth-order valence-electron chi connectivity index (χ4n) is 2.63. The Bertz CT molecular complexity index is 551. The standard InChI is InChI=1S/C16H21NO6/c1-21-13-4-3-5-14(22-2)12(13)9-15(18)17-6-7-23-11(10-17)8-16(19)20/h3-5,11H,6-10H2,1-2H3,(H,19,20). The van der Waals surface area contributed by atoms with Crippen molar-refractivity contribution in [3.05, 3.63) is 23.8 Å². The molecule has 1 N–H and O–H groups in total. The molecule has 1 aliphatic rings. The Balaban J connectivity index is 2.08. The summed E-state index contributed by atoms with van der Waals surface area (Å²) in [6.07, 6.45) is -0.445. The molecule has 1 heterocycles. The minimum Gasteiger partial charge on any atom is -0.496 e. The molecule has 1 aliphatic heterocycles. The van der Waals surface area contributed by atoms with Crippen LogP contribution in [0.2, 0.25) is 0 Å². The molecule has 1 saturated heterocycles. The summed E-state index contributed by atoms with van der Waals surface area (Å²) in [6.45, 7) is 1.07. The van der Waals surface area contributed by atoms with E-state index in [4.69, 9.17) is 19.3 Å². The van der Waals surface area contributed by atoms with Crippen LogP contribution in [0.25, 0.3) is 0 Å². The van der Waals surface area contributed by atoms with Crippen LogP contribution in [0.15, 0.2) is 18.2 Å². The first-order chi connectivity index (χ1) is 11.0. The fourth-order valence-corrected chi connectivity index (χ4v) is 2.63. The lowest BCUT2D eigenvalue weighted by Crippen LogP contribution is -2.46. The number of carbonyl (C=O) groups is 2. The zero-order chi connectivity index (χ0) is 16.8. The van der Waals surface area contributed by atoms with E-state index in [1.807, 2.05) is 0 Å². The Morgan fingerprint density at radius 1 is 1.30 bits per heavy atom. The smallest absolute Gasteiger partial charge is 0.306 e. The first-order valence-corrected chi connectivity index (χ1v) is 7.36. The zero-order valence-electron chi connectivity index (χ0n) is 13.3. The summed E-state index contributed by atoms with van der Waals surface area (Å²) in [6, 6.07) is 5.35. The number of ether oxygens (including phenoxy) is 3. The van der Waals surface area contributed by atoms with Crippen LogP contribution < -0.4 is 9.47 Å². The van der Waals surface area contributed by atoms with Gasteiger partial charge >= 0.3 is 5.97 Å². The summed E-state index contributed by atoms with van der Waals surface area (Å²) in [5.41, 5.74) is 0.684. The number of aliphatic carboxylic acids is 1. The van der Waals surface area contributed by atoms with Crippen molar-refractivity contribution in [3.63, 3.8) is 0 Å². The molecule has 1 atom stereocenters. The van der Waals surface area contributed by atoms with Crippen LogP contribution >= 0.6 is 0 Å². The van der Waals surface area contributed by atoms with Gasteiger partial charge in [0.15, 0.2) is 0 Å². The van der Waals surface area contributed by atoms with Gasteiger partial charge in [0.25, 0.3) is 0 Å². The number of morpholine rings is 1. The maximum atomic E-state index is 12.5. The molecule has 0 saturated carbocycles. The molecule has 126 valence electrons. The minimum atomic E-state index is -0.935. The normalized spacial score (nSPS) is 17.7. The number of hydrogen-bond donors (Lipinski definition) is 1. The topological polar surface area (TPSA) is 85.3 Å². The van der Waals surface area contributed by atoms with Crippen molar-refractivity contribution in [2.24, 2.45) is 0 Å². The third-order valence-corrected chi connectivity index (χ3v) is 3.75. The van der Waals surface area contributed by atoms with Gasteiger partial charge in [-0.15, -0.1) is 0 Å². The van der Waals surface area contributed by atoms with Gasteiger partial charge in [0.05, 0.1) is 39.8 Å². The summed E-state index contributed by atoms with van der Waals surface area (Å²) in [4.78, 5) is 25.0. The highest BCUT2D eigenvalue weighted by Gasteiger charge is 2.27. The Kier molecular flexibility index (Phi) is 5.81. The molecular formula is C16H21NO6. The SMILES string of the molecule is COc1cccc(OC)c1CC(=O)N1CCOC(CC(=O)O)C1. The quantitative estimate of drug-likeness (QED) is 0.839. The van der Waals surface area contributed by atoms with Crippen molar-refractivity contribution in [1.82, 2.24) is 4.90 Å². The number of benzene rings is 1. The van der Waals surface area contributed by atoms with Crippen molar-refractivity contribution < 1.29 is 28.9 Å². The van der Waals surface area contributed by atoms with Crippen molar-refractivity contribution in [1.29, 1.82) is 0 Å². The van der Waals surface area contributed by atoms with Gasteiger partial charge in [-0.3, -0.25) is 9.59 Å². The van der Waals surface area contributed by atoms with Crippen molar-refractivity contribution in [2.75, 3.05) is 33.9 Å². The van der Waals surface area contributed by atoms with Crippen molar-refractivity contribution in [3.8, 4) is 11.5 Å². The van der Waals surface area contributed by atoms with E-state index >= 15 is 0 Å². The molecule has 1 amide bonds. The first-order valence-electron chi connectivity index (χ1n) is 7.36. The maximum Gasteiger partial charge on any atom is 0.306 e. The Hall–Kier alpha value is -2.28. The van der Waals surface area contributed by atoms with Crippen LogP contribution in [0.1, 0.15) is 12.0 Å². The molecule has 1 aromatic rings. The van der Waals surface area contributed by atoms with Crippen LogP contribution in [0, 0.1) is 0 Å². The second kappa shape index (κ2) is 7.82. The second-order valence-electron chi connectivity index (χ2n) is 5.25. The van der Waals surface area contributed by atoms with Crippen LogP contribution in [0.4, 0.5) is 0 Å². The molecule has 1 aromatic carbocycles. The highest BCUT2D eigenvalue weighted by molar-refractivity contribution is 5.80. The van der Waals surface area contributed by atoms with E-state index in [2.05, 4.69) is 0 Å². The van der Waals surface area contributed by atoms with E-state index in [9.17, 15) is 9.59 Å². The van der Waals surface area contributed by atoms with Gasteiger partial charge in [-0.1, -0.05) is 6.07 Å². The summed E-state index contributed by atoms with van der Waals surface area (Å²) >= 11 is 0. The van der Waals surface area contributed by atoms with Crippen molar-refractivity contribution >= 4 is 11.9 Å². The van der Waals surface area contributed by atoms with E-state index in [0.717, 1.165) is 0 Å². The van der Waals surface area contributed by atoms with Gasteiger partial charge in [0.2, 0.25) is 5.91 Å². The van der Waals surface area contributed by atoms with Crippen molar-refractivity contribution in [2.45, 2.75) is 18.9 Å². The van der Waals surface area contributed by atoms with Gasteiger partial charge in [0, 0.05) is 18.7 Å². The van der Waals surface area contributed by atoms with E-state index in [0.29, 0.717) is 30.2 Å². The lowest BCUT2D eigenvalue weighted by atomic mass is 10.1. The van der Waals surface area contributed by atoms with Gasteiger partial charge < -0.3 is 24.2 Å². The predicted octanol–water partition coefficient (Wildman–Crippen LogP) is 0.948. The molecular weight excluding hydrogens is 302 g/mol. The molecule has 0 bridgehead atoms. The number of amides is 1. The van der Waals surface area contributed by atoms with Crippen LogP contribution in [-0.2, 0) is 20.7 Å². The third-order valence-electron chi connectivity index (χ3n) is 3.75. The molecule has 0 spiro atoms. The number of rotatable bonds is 6. The second-order valence-corrected chi connectivity index (χ2v) is 5.25. The monoisotopic (exact) mass is 323 g/mol. The van der Waals surface area contributed by atoms with E-state index in [1.54, 1.807) is 37.3 Å². The van der Waals surface area contributed by atoms with E-state index < -0.39 is 12.1 Å². The number of methoxy groups -OCH3 is 2. The lowest BCUT2D eigenvalue weighted by Gasteiger charge is -2.32. The summed E-state index contributed by atoms with van der Waals surface area (Å²) < 4.78 is 16.0. The van der Waals surface area contributed by atoms with Gasteiger partial charge in [0.1, 0.15) is 11.5 Å². The molecule has 1 unspecified atom stereocenters. The average Bonchev–Trinajstić information content (AvgIpc) is 2.54. The predicted molar refractivity (Wildman–Crippen MR) is 81.8 cm³/mol. The molecule has 7 nitrogen and oxygen atoms in total. The molecule has 2 rings (SSSR count). The molecule has 0 radical (unpaired) electrons. The minimum absolute atomic E-state index is 0.105. The van der Waals surface area contributed by atoms with Crippen LogP contribution in [0.3, 0.4) is 0 Å². The summed E-state index contributed by atoms with van der Waals surface area (Å²) in [5.74, 6) is 0.142. The summed E-state index contributed by atoms with van der Waals surface area (Å²) in [5, 5.41) is 8.85. The number of carbonyl (C=O) groups excluding carboxylic acids is 1. The fraction of sp³-hybridized carbons (Fsp3) is 0.500. The molecule has 0 aromatic heterocycles. The van der Waals surface area contributed by atoms with E-state index in [-0.39, 0.29) is 25.3 Å². The lowest BCUT2D eigenvalue weighted by molar-refractivity contribution is -0.147. The Labute approximate surface area is 134 Å². The van der Waals surface area contributed by atoms with Gasteiger partial charge in [-0.25, -0.2) is 0 Å².